The van der Waals surface area contributed by atoms with Gasteiger partial charge in [0.05, 0.1) is 18.1 Å². The molecule has 2 aliphatic rings. The van der Waals surface area contributed by atoms with E-state index < -0.39 is 16.1 Å². The molecule has 1 aliphatic heterocycles. The molecule has 2 fully saturated rings. The molecule has 1 heterocycles. The van der Waals surface area contributed by atoms with Crippen LogP contribution in [0.2, 0.25) is 0 Å². The van der Waals surface area contributed by atoms with Gasteiger partial charge in [0.25, 0.3) is 0 Å². The minimum atomic E-state index is -3.59. The lowest BCUT2D eigenvalue weighted by molar-refractivity contribution is -0.131. The Morgan fingerprint density at radius 2 is 1.79 bits per heavy atom. The molecular weight excluding hydrogens is 446 g/mol. The number of ether oxygens (including phenoxy) is 2. The van der Waals surface area contributed by atoms with Crippen LogP contribution in [0.25, 0.3) is 0 Å². The molecule has 10 heteroatoms. The molecule has 1 saturated heterocycles. The van der Waals surface area contributed by atoms with Gasteiger partial charge in [-0.1, -0.05) is 0 Å². The fraction of sp³-hybridized carbons (Fsp3) is 0.652. The molecule has 1 aliphatic carbocycles. The zero-order chi connectivity index (χ0) is 23.8. The molecule has 1 aromatic carbocycles. The van der Waals surface area contributed by atoms with Crippen LogP contribution < -0.4 is 20.1 Å². The SMILES string of the molecule is COc1ccc(S(=O)(=O)NCC2CCC(C(=O)N[C@H](C)C(=O)NCC3CCCO3)CC2)cc1. The highest BCUT2D eigenvalue weighted by molar-refractivity contribution is 7.89. The Bertz CT molecular complexity index is 891. The third kappa shape index (κ3) is 7.41. The van der Waals surface area contributed by atoms with Gasteiger partial charge in [0.2, 0.25) is 21.8 Å². The molecule has 184 valence electrons. The van der Waals surface area contributed by atoms with Crippen molar-refractivity contribution in [2.45, 2.75) is 62.5 Å². The lowest BCUT2D eigenvalue weighted by atomic mass is 9.81. The maximum absolute atomic E-state index is 12.6. The van der Waals surface area contributed by atoms with Crippen molar-refractivity contribution in [3.63, 3.8) is 0 Å². The second-order valence-corrected chi connectivity index (χ2v) is 10.6. The Morgan fingerprint density at radius 3 is 2.39 bits per heavy atom. The quantitative estimate of drug-likeness (QED) is 0.466. The summed E-state index contributed by atoms with van der Waals surface area (Å²) >= 11 is 0. The first-order valence-corrected chi connectivity index (χ1v) is 13.1. The van der Waals surface area contributed by atoms with Gasteiger partial charge in [0.1, 0.15) is 11.8 Å². The molecule has 2 atom stereocenters. The second-order valence-electron chi connectivity index (χ2n) is 8.86. The number of carbonyl (C=O) groups is 2. The van der Waals surface area contributed by atoms with Crippen LogP contribution in [0.1, 0.15) is 45.4 Å². The lowest BCUT2D eigenvalue weighted by Crippen LogP contribution is -2.48. The number of nitrogens with one attached hydrogen (secondary N) is 3. The zero-order valence-corrected chi connectivity index (χ0v) is 20.2. The van der Waals surface area contributed by atoms with Crippen molar-refractivity contribution in [3.8, 4) is 5.75 Å². The van der Waals surface area contributed by atoms with Crippen molar-refractivity contribution >= 4 is 21.8 Å². The van der Waals surface area contributed by atoms with Crippen LogP contribution in [0.4, 0.5) is 0 Å². The van der Waals surface area contributed by atoms with Gasteiger partial charge in [-0.2, -0.15) is 0 Å². The number of hydrogen-bond donors (Lipinski definition) is 3. The molecule has 9 nitrogen and oxygen atoms in total. The number of rotatable bonds is 10. The largest absolute Gasteiger partial charge is 0.497 e. The van der Waals surface area contributed by atoms with Crippen molar-refractivity contribution in [1.82, 2.24) is 15.4 Å². The summed E-state index contributed by atoms with van der Waals surface area (Å²) in [6, 6.07) is 5.65. The number of amides is 2. The van der Waals surface area contributed by atoms with Gasteiger partial charge < -0.3 is 20.1 Å². The van der Waals surface area contributed by atoms with Gasteiger partial charge >= 0.3 is 0 Å². The van der Waals surface area contributed by atoms with Gasteiger partial charge in [-0.15, -0.1) is 0 Å². The van der Waals surface area contributed by atoms with Crippen molar-refractivity contribution in [3.05, 3.63) is 24.3 Å². The Hall–Kier alpha value is -2.17. The highest BCUT2D eigenvalue weighted by Crippen LogP contribution is 2.29. The second kappa shape index (κ2) is 11.8. The average Bonchev–Trinajstić information content (AvgIpc) is 3.35. The fourth-order valence-electron chi connectivity index (χ4n) is 4.26. The summed E-state index contributed by atoms with van der Waals surface area (Å²) in [5.74, 6) is 0.287. The average molecular weight is 482 g/mol. The fourth-order valence-corrected chi connectivity index (χ4v) is 5.38. The Kier molecular flexibility index (Phi) is 9.10. The molecule has 3 N–H and O–H groups in total. The number of benzene rings is 1. The minimum absolute atomic E-state index is 0.0641. The van der Waals surface area contributed by atoms with E-state index in [-0.39, 0.29) is 34.6 Å². The molecule has 0 spiro atoms. The van der Waals surface area contributed by atoms with Crippen molar-refractivity contribution < 1.29 is 27.5 Å². The molecule has 3 rings (SSSR count). The number of sulfonamides is 1. The number of methoxy groups -OCH3 is 1. The van der Waals surface area contributed by atoms with Crippen LogP contribution in [-0.2, 0) is 24.3 Å². The maximum Gasteiger partial charge on any atom is 0.242 e. The predicted molar refractivity (Wildman–Crippen MR) is 123 cm³/mol. The van der Waals surface area contributed by atoms with Crippen LogP contribution >= 0.6 is 0 Å². The summed E-state index contributed by atoms with van der Waals surface area (Å²) in [6.07, 6.45) is 4.87. The van der Waals surface area contributed by atoms with E-state index >= 15 is 0 Å². The highest BCUT2D eigenvalue weighted by Gasteiger charge is 2.29. The molecule has 2 amide bonds. The lowest BCUT2D eigenvalue weighted by Gasteiger charge is -2.28. The van der Waals surface area contributed by atoms with E-state index in [0.29, 0.717) is 31.7 Å². The molecule has 0 radical (unpaired) electrons. The van der Waals surface area contributed by atoms with Crippen molar-refractivity contribution in [2.75, 3.05) is 26.8 Å². The summed E-state index contributed by atoms with van der Waals surface area (Å²) < 4.78 is 38.2. The normalized spacial score (nSPS) is 24.1. The van der Waals surface area contributed by atoms with Crippen LogP contribution in [-0.4, -0.2) is 59.2 Å². The van der Waals surface area contributed by atoms with Crippen LogP contribution in [0.5, 0.6) is 5.75 Å². The topological polar surface area (TPSA) is 123 Å². The summed E-state index contributed by atoms with van der Waals surface area (Å²) in [6.45, 7) is 3.22. The van der Waals surface area contributed by atoms with Gasteiger partial charge in [-0.3, -0.25) is 9.59 Å². The summed E-state index contributed by atoms with van der Waals surface area (Å²) in [4.78, 5) is 25.0. The van der Waals surface area contributed by atoms with E-state index in [1.54, 1.807) is 19.1 Å². The van der Waals surface area contributed by atoms with E-state index in [1.165, 1.54) is 19.2 Å². The van der Waals surface area contributed by atoms with Gasteiger partial charge in [-0.05, 0) is 75.6 Å². The van der Waals surface area contributed by atoms with Gasteiger partial charge in [-0.25, -0.2) is 13.1 Å². The van der Waals surface area contributed by atoms with E-state index in [2.05, 4.69) is 15.4 Å². The molecule has 1 unspecified atom stereocenters. The standard InChI is InChI=1S/C23H35N3O6S/c1-16(22(27)24-15-20-4-3-13-32-20)26-23(28)18-7-5-17(6-8-18)14-25-33(29,30)21-11-9-19(31-2)10-12-21/h9-12,16-18,20,25H,3-8,13-15H2,1-2H3,(H,24,27)(H,26,28)/t16-,17?,18?,20?/m1/s1. The molecule has 1 saturated carbocycles. The Labute approximate surface area is 196 Å². The minimum Gasteiger partial charge on any atom is -0.497 e. The molecule has 0 bridgehead atoms. The van der Waals surface area contributed by atoms with Crippen LogP contribution in [0.3, 0.4) is 0 Å². The monoisotopic (exact) mass is 481 g/mol. The van der Waals surface area contributed by atoms with Gasteiger partial charge in [0.15, 0.2) is 0 Å². The summed E-state index contributed by atoms with van der Waals surface area (Å²) in [5, 5.41) is 5.65. The predicted octanol–water partition coefficient (Wildman–Crippen LogP) is 1.58. The highest BCUT2D eigenvalue weighted by atomic mass is 32.2. The zero-order valence-electron chi connectivity index (χ0n) is 19.3. The number of hydrogen-bond acceptors (Lipinski definition) is 6. The Balaban J connectivity index is 1.37. The van der Waals surface area contributed by atoms with Crippen LogP contribution in [0, 0.1) is 11.8 Å². The van der Waals surface area contributed by atoms with Gasteiger partial charge in [0, 0.05) is 25.6 Å². The summed E-state index contributed by atoms with van der Waals surface area (Å²) in [5.41, 5.74) is 0. The van der Waals surface area contributed by atoms with E-state index in [4.69, 9.17) is 9.47 Å². The van der Waals surface area contributed by atoms with E-state index in [1.807, 2.05) is 0 Å². The third-order valence-corrected chi connectivity index (χ3v) is 7.87. The smallest absolute Gasteiger partial charge is 0.242 e. The molecule has 1 aromatic rings. The first-order chi connectivity index (χ1) is 15.8. The van der Waals surface area contributed by atoms with Crippen LogP contribution in [0.15, 0.2) is 29.2 Å². The van der Waals surface area contributed by atoms with E-state index in [9.17, 15) is 18.0 Å². The maximum atomic E-state index is 12.6. The van der Waals surface area contributed by atoms with Crippen molar-refractivity contribution in [1.29, 1.82) is 0 Å². The van der Waals surface area contributed by atoms with Crippen molar-refractivity contribution in [2.24, 2.45) is 11.8 Å². The first kappa shape index (κ1) is 25.5. The third-order valence-electron chi connectivity index (χ3n) is 6.43. The molecular formula is C23H35N3O6S. The number of carbonyl (C=O) groups excluding carboxylic acids is 2. The summed E-state index contributed by atoms with van der Waals surface area (Å²) in [7, 11) is -2.06. The molecule has 33 heavy (non-hydrogen) atoms. The molecule has 0 aromatic heterocycles. The van der Waals surface area contributed by atoms with E-state index in [0.717, 1.165) is 32.3 Å². The Morgan fingerprint density at radius 1 is 1.09 bits per heavy atom. The first-order valence-electron chi connectivity index (χ1n) is 11.6.